The first-order valence-corrected chi connectivity index (χ1v) is 6.64. The summed E-state index contributed by atoms with van der Waals surface area (Å²) in [6.07, 6.45) is 11.9. The summed E-state index contributed by atoms with van der Waals surface area (Å²) in [6.45, 7) is -0.130. The van der Waals surface area contributed by atoms with E-state index in [4.69, 9.17) is 5.73 Å². The van der Waals surface area contributed by atoms with E-state index >= 15 is 0 Å². The minimum absolute atomic E-state index is 0.130. The largest absolute Gasteiger partial charge is 0.328 e. The van der Waals surface area contributed by atoms with Crippen LogP contribution in [0.2, 0.25) is 0 Å². The molecule has 15 heavy (non-hydrogen) atoms. The summed E-state index contributed by atoms with van der Waals surface area (Å²) < 4.78 is 12.7. The lowest BCUT2D eigenvalue weighted by Gasteiger charge is -2.17. The molecule has 0 bridgehead atoms. The maximum atomic E-state index is 12.7. The molecule has 0 amide bonds. The van der Waals surface area contributed by atoms with Gasteiger partial charge in [-0.15, -0.1) is 0 Å². The number of hydrogen-bond acceptors (Lipinski definition) is 1. The zero-order valence-corrected chi connectivity index (χ0v) is 9.89. The van der Waals surface area contributed by atoms with Crippen molar-refractivity contribution in [3.8, 4) is 0 Å². The van der Waals surface area contributed by atoms with Gasteiger partial charge in [-0.25, -0.2) is 0 Å². The summed E-state index contributed by atoms with van der Waals surface area (Å²) in [6, 6.07) is 0.365. The molecule has 2 atom stereocenters. The van der Waals surface area contributed by atoms with Crippen LogP contribution in [0.5, 0.6) is 0 Å². The normalized spacial score (nSPS) is 31.6. The van der Waals surface area contributed by atoms with Gasteiger partial charge in [0, 0.05) is 6.04 Å². The van der Waals surface area contributed by atoms with E-state index in [0.29, 0.717) is 12.0 Å². The second-order valence-electron chi connectivity index (χ2n) is 5.06. The van der Waals surface area contributed by atoms with E-state index < -0.39 is 0 Å². The summed E-state index contributed by atoms with van der Waals surface area (Å²) >= 11 is 0. The van der Waals surface area contributed by atoms with Crippen LogP contribution in [0.25, 0.3) is 0 Å². The van der Waals surface area contributed by atoms with Gasteiger partial charge in [0.2, 0.25) is 0 Å². The number of halogens is 1. The van der Waals surface area contributed by atoms with Gasteiger partial charge < -0.3 is 5.73 Å². The van der Waals surface area contributed by atoms with Gasteiger partial charge in [0.05, 0.1) is 6.67 Å². The van der Waals surface area contributed by atoms with Crippen LogP contribution < -0.4 is 5.73 Å². The zero-order valence-electron chi connectivity index (χ0n) is 9.89. The van der Waals surface area contributed by atoms with Crippen molar-refractivity contribution in [1.29, 1.82) is 0 Å². The lowest BCUT2D eigenvalue weighted by Crippen LogP contribution is -2.20. The van der Waals surface area contributed by atoms with Crippen molar-refractivity contribution in [2.75, 3.05) is 6.67 Å². The molecule has 90 valence electrons. The fourth-order valence-corrected chi connectivity index (χ4v) is 2.48. The molecule has 0 aromatic heterocycles. The smallest absolute Gasteiger partial charge is 0.0922 e. The topological polar surface area (TPSA) is 26.0 Å². The van der Waals surface area contributed by atoms with Crippen LogP contribution in [0.4, 0.5) is 4.39 Å². The molecular weight excluding hydrogens is 189 g/mol. The molecule has 0 saturated heterocycles. The predicted molar refractivity (Wildman–Crippen MR) is 63.6 cm³/mol. The fraction of sp³-hybridized carbons (Fsp3) is 1.00. The molecule has 0 heterocycles. The Hall–Kier alpha value is -0.110. The van der Waals surface area contributed by atoms with Crippen molar-refractivity contribution in [2.45, 2.75) is 70.3 Å². The van der Waals surface area contributed by atoms with Crippen molar-refractivity contribution in [2.24, 2.45) is 11.7 Å². The van der Waals surface area contributed by atoms with E-state index in [9.17, 15) is 4.39 Å². The summed E-state index contributed by atoms with van der Waals surface area (Å²) in [5.74, 6) is 0.316. The van der Waals surface area contributed by atoms with E-state index in [2.05, 4.69) is 0 Å². The SMILES string of the molecule is NC1CCCCCCCC(CF)CCC1. The molecule has 0 radical (unpaired) electrons. The van der Waals surface area contributed by atoms with Crippen molar-refractivity contribution in [3.05, 3.63) is 0 Å². The van der Waals surface area contributed by atoms with E-state index in [1.165, 1.54) is 38.5 Å². The van der Waals surface area contributed by atoms with Crippen LogP contribution in [0.3, 0.4) is 0 Å². The van der Waals surface area contributed by atoms with Crippen molar-refractivity contribution in [1.82, 2.24) is 0 Å². The highest BCUT2D eigenvalue weighted by atomic mass is 19.1. The van der Waals surface area contributed by atoms with Crippen LogP contribution in [-0.2, 0) is 0 Å². The quantitative estimate of drug-likeness (QED) is 0.707. The molecule has 2 N–H and O–H groups in total. The number of nitrogens with two attached hydrogens (primary N) is 1. The van der Waals surface area contributed by atoms with Gasteiger partial charge in [-0.2, -0.15) is 0 Å². The Kier molecular flexibility index (Phi) is 6.99. The van der Waals surface area contributed by atoms with Crippen LogP contribution in [0, 0.1) is 5.92 Å². The minimum Gasteiger partial charge on any atom is -0.328 e. The Morgan fingerprint density at radius 2 is 1.33 bits per heavy atom. The van der Waals surface area contributed by atoms with Crippen LogP contribution in [0.1, 0.15) is 64.2 Å². The number of alkyl halides is 1. The average molecular weight is 215 g/mol. The second-order valence-corrected chi connectivity index (χ2v) is 5.06. The summed E-state index contributed by atoms with van der Waals surface area (Å²) in [7, 11) is 0. The standard InChI is InChI=1S/C13H26FN/c14-11-12-7-4-2-1-3-5-9-13(15)10-6-8-12/h12-13H,1-11,15H2. The molecule has 0 aromatic carbocycles. The molecule has 2 heteroatoms. The highest BCUT2D eigenvalue weighted by Crippen LogP contribution is 2.20. The fourth-order valence-electron chi connectivity index (χ4n) is 2.48. The Morgan fingerprint density at radius 3 is 2.07 bits per heavy atom. The van der Waals surface area contributed by atoms with Gasteiger partial charge in [-0.05, 0) is 31.6 Å². The van der Waals surface area contributed by atoms with E-state index in [1.54, 1.807) is 0 Å². The van der Waals surface area contributed by atoms with Crippen molar-refractivity contribution in [3.63, 3.8) is 0 Å². The third kappa shape index (κ3) is 6.14. The second kappa shape index (κ2) is 8.09. The van der Waals surface area contributed by atoms with Crippen molar-refractivity contribution >= 4 is 0 Å². The molecule has 1 aliphatic carbocycles. The summed E-state index contributed by atoms with van der Waals surface area (Å²) in [5, 5.41) is 0. The highest BCUT2D eigenvalue weighted by Gasteiger charge is 2.10. The van der Waals surface area contributed by atoms with E-state index in [0.717, 1.165) is 25.7 Å². The van der Waals surface area contributed by atoms with Crippen LogP contribution in [-0.4, -0.2) is 12.7 Å². The van der Waals surface area contributed by atoms with Gasteiger partial charge in [0.15, 0.2) is 0 Å². The molecule has 1 fully saturated rings. The van der Waals surface area contributed by atoms with Crippen LogP contribution >= 0.6 is 0 Å². The number of hydrogen-bond donors (Lipinski definition) is 1. The van der Waals surface area contributed by atoms with Gasteiger partial charge >= 0.3 is 0 Å². The van der Waals surface area contributed by atoms with Gasteiger partial charge in [-0.3, -0.25) is 4.39 Å². The Morgan fingerprint density at radius 1 is 0.800 bits per heavy atom. The molecule has 1 saturated carbocycles. The molecule has 1 nitrogen and oxygen atoms in total. The van der Waals surface area contributed by atoms with E-state index in [-0.39, 0.29) is 6.67 Å². The highest BCUT2D eigenvalue weighted by molar-refractivity contribution is 4.66. The third-order valence-electron chi connectivity index (χ3n) is 3.59. The van der Waals surface area contributed by atoms with Crippen molar-refractivity contribution < 1.29 is 4.39 Å². The Bertz CT molecular complexity index is 149. The van der Waals surface area contributed by atoms with Gasteiger partial charge in [-0.1, -0.05) is 38.5 Å². The minimum atomic E-state index is -0.130. The molecule has 1 aliphatic rings. The first kappa shape index (κ1) is 13.0. The molecule has 1 rings (SSSR count). The summed E-state index contributed by atoms with van der Waals surface area (Å²) in [5.41, 5.74) is 6.01. The molecule has 0 spiro atoms. The summed E-state index contributed by atoms with van der Waals surface area (Å²) in [4.78, 5) is 0. The maximum absolute atomic E-state index is 12.7. The van der Waals surface area contributed by atoms with Crippen LogP contribution in [0.15, 0.2) is 0 Å². The maximum Gasteiger partial charge on any atom is 0.0922 e. The monoisotopic (exact) mass is 215 g/mol. The lowest BCUT2D eigenvalue weighted by molar-refractivity contribution is 0.303. The predicted octanol–water partition coefficient (Wildman–Crippen LogP) is 3.81. The third-order valence-corrected chi connectivity index (χ3v) is 3.59. The Labute approximate surface area is 93.6 Å². The number of rotatable bonds is 1. The van der Waals surface area contributed by atoms with Gasteiger partial charge in [0.25, 0.3) is 0 Å². The zero-order chi connectivity index (χ0) is 10.9. The average Bonchev–Trinajstić information content (AvgIpc) is 2.23. The molecular formula is C13H26FN. The first-order chi connectivity index (χ1) is 7.33. The molecule has 0 aliphatic heterocycles. The van der Waals surface area contributed by atoms with Gasteiger partial charge in [0.1, 0.15) is 0 Å². The first-order valence-electron chi connectivity index (χ1n) is 6.64. The van der Waals surface area contributed by atoms with E-state index in [1.807, 2.05) is 0 Å². The Balaban J connectivity index is 2.26. The lowest BCUT2D eigenvalue weighted by atomic mass is 9.92. The molecule has 2 unspecified atom stereocenters. The molecule has 0 aromatic rings.